The minimum Gasteiger partial charge on any atom is -0.481 e. The molecule has 0 aromatic carbocycles. The number of alkyl halides is 2. The number of rotatable bonds is 19. The number of Topliss-reactive ketones (excluding diaryl/α,β-unsaturated/α-hetero) is 1. The van der Waals surface area contributed by atoms with E-state index in [1.54, 1.807) is 6.07 Å². The number of hydrogen-bond acceptors (Lipinski definition) is 11. The molecule has 2 heterocycles. The fourth-order valence-electron chi connectivity index (χ4n) is 4.29. The van der Waals surface area contributed by atoms with Crippen molar-refractivity contribution in [1.29, 1.82) is 5.26 Å². The summed E-state index contributed by atoms with van der Waals surface area (Å²) in [5.41, 5.74) is 0.371. The largest absolute Gasteiger partial charge is 0.481 e. The Morgan fingerprint density at radius 1 is 1.17 bits per heavy atom. The number of carbonyl (C=O) groups is 6. The summed E-state index contributed by atoms with van der Waals surface area (Å²) in [4.78, 5) is 78.1. The Kier molecular flexibility index (Phi) is 16.5. The summed E-state index contributed by atoms with van der Waals surface area (Å²) < 4.78 is 32.5. The summed E-state index contributed by atoms with van der Waals surface area (Å²) in [7, 11) is 2.56. The van der Waals surface area contributed by atoms with Crippen LogP contribution < -0.4 is 16.0 Å². The van der Waals surface area contributed by atoms with Gasteiger partial charge in [-0.1, -0.05) is 35.4 Å². The first-order valence-corrected chi connectivity index (χ1v) is 17.6. The summed E-state index contributed by atoms with van der Waals surface area (Å²) in [5, 5.41) is 26.2. The molecule has 1 saturated heterocycles. The topological polar surface area (TPSA) is 208 Å². The molecule has 4 N–H and O–H groups in total. The maximum Gasteiger partial charge on any atom is 0.407 e. The minimum atomic E-state index is -3.19. The number of ether oxygens (including phenoxy) is 1. The molecule has 1 aromatic rings. The molecule has 18 heteroatoms. The van der Waals surface area contributed by atoms with E-state index < -0.39 is 72.5 Å². The van der Waals surface area contributed by atoms with E-state index in [9.17, 15) is 42.7 Å². The average molecular weight is 715 g/mol. The zero-order valence-corrected chi connectivity index (χ0v) is 28.5. The summed E-state index contributed by atoms with van der Waals surface area (Å²) >= 11 is 0. The first kappa shape index (κ1) is 40.2. The van der Waals surface area contributed by atoms with Crippen molar-refractivity contribution in [1.82, 2.24) is 25.8 Å². The number of carbonyl (C=O) groups excluding carboxylic acids is 5. The van der Waals surface area contributed by atoms with Gasteiger partial charge < -0.3 is 30.7 Å². The number of carboxylic acids is 1. The van der Waals surface area contributed by atoms with Crippen molar-refractivity contribution in [3.05, 3.63) is 29.6 Å². The van der Waals surface area contributed by atoms with E-state index in [-0.39, 0.29) is 49.4 Å². The fraction of sp³-hybridized carbons (Fsp3) is 0.600. The van der Waals surface area contributed by atoms with Crippen LogP contribution in [-0.2, 0) is 30.5 Å². The number of aromatic nitrogens is 1. The van der Waals surface area contributed by atoms with Gasteiger partial charge >= 0.3 is 12.1 Å². The summed E-state index contributed by atoms with van der Waals surface area (Å²) in [6.45, 7) is 4.86. The number of halogens is 2. The molecule has 0 saturated carbocycles. The van der Waals surface area contributed by atoms with Crippen LogP contribution in [0.15, 0.2) is 18.3 Å². The first-order valence-electron chi connectivity index (χ1n) is 15.1. The Morgan fingerprint density at radius 3 is 2.56 bits per heavy atom. The lowest BCUT2D eigenvalue weighted by Gasteiger charge is -2.23. The van der Waals surface area contributed by atoms with Crippen LogP contribution in [0.5, 0.6) is 0 Å². The van der Waals surface area contributed by atoms with Crippen molar-refractivity contribution >= 4 is 57.2 Å². The number of carboxylic acid groups (broad SMARTS) is 1. The second-order valence-corrected chi connectivity index (χ2v) is 14.1. The van der Waals surface area contributed by atoms with Gasteiger partial charge in [0.05, 0.1) is 30.8 Å². The third kappa shape index (κ3) is 14.4. The molecule has 48 heavy (non-hydrogen) atoms. The molecule has 1 fully saturated rings. The molecule has 0 aliphatic carbocycles. The number of likely N-dealkylation sites (tertiary alicyclic amines) is 1. The van der Waals surface area contributed by atoms with Crippen LogP contribution >= 0.6 is 21.6 Å². The van der Waals surface area contributed by atoms with Gasteiger partial charge in [-0.15, -0.1) is 0 Å². The normalized spacial score (nSPS) is 16.4. The van der Waals surface area contributed by atoms with E-state index in [4.69, 9.17) is 10.00 Å². The molecule has 3 atom stereocenters. The number of aliphatic carboxylic acids is 1. The molecule has 14 nitrogen and oxygen atoms in total. The minimum absolute atomic E-state index is 0.0862. The van der Waals surface area contributed by atoms with E-state index >= 15 is 0 Å². The van der Waals surface area contributed by atoms with Gasteiger partial charge in [0.15, 0.2) is 0 Å². The number of ketones is 1. The predicted octanol–water partition coefficient (Wildman–Crippen LogP) is 2.78. The molecular weight excluding hydrogens is 674 g/mol. The quantitative estimate of drug-likeness (QED) is 0.121. The van der Waals surface area contributed by atoms with Gasteiger partial charge in [-0.05, 0) is 25.0 Å². The van der Waals surface area contributed by atoms with E-state index in [0.29, 0.717) is 18.2 Å². The average Bonchev–Trinajstić information content (AvgIpc) is 3.36. The number of nitrogens with one attached hydrogen (secondary N) is 3. The molecule has 1 aromatic heterocycles. The van der Waals surface area contributed by atoms with Crippen molar-refractivity contribution in [2.24, 2.45) is 11.8 Å². The van der Waals surface area contributed by atoms with Crippen LogP contribution in [0.3, 0.4) is 0 Å². The highest BCUT2D eigenvalue weighted by Crippen LogP contribution is 2.32. The van der Waals surface area contributed by atoms with E-state index in [1.165, 1.54) is 46.8 Å². The van der Waals surface area contributed by atoms with Crippen LogP contribution in [0.4, 0.5) is 13.6 Å². The Morgan fingerprint density at radius 2 is 1.90 bits per heavy atom. The maximum atomic E-state index is 13.7. The van der Waals surface area contributed by atoms with Crippen molar-refractivity contribution < 1.29 is 47.4 Å². The van der Waals surface area contributed by atoms with Gasteiger partial charge in [0.2, 0.25) is 11.8 Å². The Balaban J connectivity index is 1.73. The first-order chi connectivity index (χ1) is 22.6. The molecule has 0 radical (unpaired) electrons. The lowest BCUT2D eigenvalue weighted by Crippen LogP contribution is -2.48. The number of alkyl carbamates (subject to hydrolysis) is 1. The number of nitriles is 1. The number of nitrogens with zero attached hydrogens (tertiary/aromatic N) is 3. The lowest BCUT2D eigenvalue weighted by molar-refractivity contribution is -0.142. The highest BCUT2D eigenvalue weighted by molar-refractivity contribution is 8.76. The van der Waals surface area contributed by atoms with Gasteiger partial charge in [0.1, 0.15) is 24.5 Å². The Bertz CT molecular complexity index is 1360. The molecule has 264 valence electrons. The van der Waals surface area contributed by atoms with Crippen molar-refractivity contribution in [3.8, 4) is 6.07 Å². The molecule has 1 aliphatic heterocycles. The van der Waals surface area contributed by atoms with Crippen LogP contribution in [0.1, 0.15) is 62.5 Å². The highest BCUT2D eigenvalue weighted by atomic mass is 33.1. The predicted molar refractivity (Wildman–Crippen MR) is 173 cm³/mol. The number of pyridine rings is 1. The second-order valence-electron chi connectivity index (χ2n) is 11.5. The van der Waals surface area contributed by atoms with E-state index in [0.717, 1.165) is 4.90 Å². The monoisotopic (exact) mass is 714 g/mol. The standard InChI is InChI=1S/C30H40F2N6O8S2/c1-18(2)14-36-29(45)46-8-9-47-48-16-21(28(43)44)11-24(39)4-5-25(40)35-15-22-10-20(6-7-34-22)26(41)37-19(3)27(42)38-17-30(31,32)12-23(38)13-33/h6-7,10,18-19,21,23H,4-5,8-9,11-12,14-17H2,1-3H3,(H,35,40)(H,36,45)(H,37,41)(H,43,44)/t19-,21?,23+/m1/s1. The van der Waals surface area contributed by atoms with Crippen LogP contribution in [0, 0.1) is 23.2 Å². The van der Waals surface area contributed by atoms with Crippen molar-refractivity contribution in [2.45, 2.75) is 71.0 Å². The molecule has 1 unspecified atom stereocenters. The van der Waals surface area contributed by atoms with E-state index in [1.807, 2.05) is 13.8 Å². The third-order valence-corrected chi connectivity index (χ3v) is 9.27. The van der Waals surface area contributed by atoms with Gasteiger partial charge in [0, 0.05) is 55.5 Å². The molecule has 4 amide bonds. The summed E-state index contributed by atoms with van der Waals surface area (Å²) in [6, 6.07) is 1.91. The van der Waals surface area contributed by atoms with Gasteiger partial charge in [0.25, 0.3) is 11.8 Å². The smallest absolute Gasteiger partial charge is 0.407 e. The van der Waals surface area contributed by atoms with Crippen LogP contribution in [-0.4, -0.2) is 99.8 Å². The second kappa shape index (κ2) is 19.7. The number of amides is 4. The zero-order chi connectivity index (χ0) is 35.9. The zero-order valence-electron chi connectivity index (χ0n) is 26.8. The van der Waals surface area contributed by atoms with Gasteiger partial charge in [-0.2, -0.15) is 5.26 Å². The molecule has 1 aliphatic rings. The third-order valence-electron chi connectivity index (χ3n) is 6.83. The number of hydrogen-bond donors (Lipinski definition) is 4. The Hall–Kier alpha value is -3.98. The summed E-state index contributed by atoms with van der Waals surface area (Å²) in [6.07, 6.45) is -0.606. The SMILES string of the molecule is CC(C)CNC(=O)OCCSSCC(CC(=O)CCC(=O)NCc1cc(C(=O)N[C@H](C)C(=O)N2CC(F)(F)C[C@H]2C#N)ccn1)C(=O)O. The van der Waals surface area contributed by atoms with Gasteiger partial charge in [-0.25, -0.2) is 13.6 Å². The molecular formula is C30H40F2N6O8S2. The van der Waals surface area contributed by atoms with Crippen LogP contribution in [0.2, 0.25) is 0 Å². The van der Waals surface area contributed by atoms with Gasteiger partial charge in [-0.3, -0.25) is 29.0 Å². The maximum absolute atomic E-state index is 13.7. The van der Waals surface area contributed by atoms with Crippen molar-refractivity contribution in [3.63, 3.8) is 0 Å². The summed E-state index contributed by atoms with van der Waals surface area (Å²) in [5.74, 6) is -6.81. The van der Waals surface area contributed by atoms with E-state index in [2.05, 4.69) is 20.9 Å². The molecule has 2 rings (SSSR count). The Labute approximate surface area is 284 Å². The van der Waals surface area contributed by atoms with Crippen molar-refractivity contribution in [2.75, 3.05) is 31.2 Å². The fourth-order valence-corrected chi connectivity index (χ4v) is 6.42. The van der Waals surface area contributed by atoms with Crippen LogP contribution in [0.25, 0.3) is 0 Å². The highest BCUT2D eigenvalue weighted by Gasteiger charge is 2.48. The lowest BCUT2D eigenvalue weighted by atomic mass is 10.0. The molecule has 0 spiro atoms. The molecule has 0 bridgehead atoms.